The summed E-state index contributed by atoms with van der Waals surface area (Å²) < 4.78 is 2.96. The molecule has 3 N–H and O–H groups in total. The summed E-state index contributed by atoms with van der Waals surface area (Å²) in [4.78, 5) is 12.8. The van der Waals surface area contributed by atoms with E-state index in [0.29, 0.717) is 16.1 Å². The van der Waals surface area contributed by atoms with Gasteiger partial charge in [0.1, 0.15) is 0 Å². The van der Waals surface area contributed by atoms with Crippen molar-refractivity contribution in [3.63, 3.8) is 0 Å². The molecule has 1 amide bonds. The minimum absolute atomic E-state index is 0.128. The predicted octanol–water partition coefficient (Wildman–Crippen LogP) is 3.45. The third-order valence-corrected chi connectivity index (χ3v) is 6.01. The monoisotopic (exact) mass is 467 g/mol. The molecule has 0 saturated carbocycles. The maximum absolute atomic E-state index is 12.8. The van der Waals surface area contributed by atoms with Gasteiger partial charge in [0, 0.05) is 10.7 Å². The Morgan fingerprint density at radius 2 is 1.78 bits per heavy atom. The Kier molecular flexibility index (Phi) is 6.48. The number of aromatic nitrogens is 5. The number of thioether (sulfide) groups is 1. The summed E-state index contributed by atoms with van der Waals surface area (Å²) in [6.45, 7) is 3.81. The molecule has 2 heterocycles. The van der Waals surface area contributed by atoms with Gasteiger partial charge in [0.15, 0.2) is 0 Å². The third kappa shape index (κ3) is 4.79. The van der Waals surface area contributed by atoms with E-state index in [1.807, 2.05) is 74.5 Å². The molecule has 4 aromatic rings. The lowest BCUT2D eigenvalue weighted by Crippen LogP contribution is -2.31. The van der Waals surface area contributed by atoms with Gasteiger partial charge in [0.25, 0.3) is 5.95 Å². The van der Waals surface area contributed by atoms with Crippen molar-refractivity contribution in [1.82, 2.24) is 30.0 Å². The van der Waals surface area contributed by atoms with E-state index in [1.165, 1.54) is 16.4 Å². The first kappa shape index (κ1) is 21.9. The molecule has 0 bridgehead atoms. The van der Waals surface area contributed by atoms with E-state index >= 15 is 0 Å². The van der Waals surface area contributed by atoms with Crippen LogP contribution in [0, 0.1) is 13.8 Å². The standard InChI is InChI=1S/C22H22ClN7OS/c1-14-12-15(2)30(28-14)21-26-27-22(29(21)24)32-13-19(31)25-20(16-6-4-3-5-7-16)17-8-10-18(23)11-9-17/h3-12,20H,13,24H2,1-2H3,(H,25,31). The molecular formula is C22H22ClN7OS. The summed E-state index contributed by atoms with van der Waals surface area (Å²) in [5, 5.41) is 16.8. The van der Waals surface area contributed by atoms with Crippen LogP contribution in [-0.4, -0.2) is 36.3 Å². The third-order valence-electron chi connectivity index (χ3n) is 4.82. The number of benzene rings is 2. The minimum atomic E-state index is -0.303. The molecule has 0 saturated heterocycles. The van der Waals surface area contributed by atoms with E-state index in [0.717, 1.165) is 22.5 Å². The van der Waals surface area contributed by atoms with Crippen molar-refractivity contribution in [2.45, 2.75) is 25.0 Å². The van der Waals surface area contributed by atoms with Crippen LogP contribution in [0.5, 0.6) is 0 Å². The van der Waals surface area contributed by atoms with Crippen LogP contribution in [0.15, 0.2) is 65.8 Å². The molecule has 0 radical (unpaired) electrons. The van der Waals surface area contributed by atoms with Gasteiger partial charge in [0.2, 0.25) is 11.1 Å². The number of nitrogens with one attached hydrogen (secondary N) is 1. The second-order valence-corrected chi connectivity index (χ2v) is 8.62. The van der Waals surface area contributed by atoms with Crippen molar-refractivity contribution in [3.8, 4) is 5.95 Å². The van der Waals surface area contributed by atoms with Crippen LogP contribution in [-0.2, 0) is 4.79 Å². The van der Waals surface area contributed by atoms with Crippen LogP contribution in [0.4, 0.5) is 0 Å². The van der Waals surface area contributed by atoms with Gasteiger partial charge < -0.3 is 11.2 Å². The van der Waals surface area contributed by atoms with Crippen LogP contribution in [0.1, 0.15) is 28.6 Å². The van der Waals surface area contributed by atoms with Crippen molar-refractivity contribution in [2.75, 3.05) is 11.6 Å². The molecule has 1 unspecified atom stereocenters. The van der Waals surface area contributed by atoms with E-state index in [9.17, 15) is 4.79 Å². The van der Waals surface area contributed by atoms with Gasteiger partial charge in [-0.05, 0) is 43.2 Å². The first-order chi connectivity index (χ1) is 15.4. The molecule has 2 aromatic carbocycles. The molecule has 4 rings (SSSR count). The fraction of sp³-hybridized carbons (Fsp3) is 0.182. The topological polar surface area (TPSA) is 104 Å². The molecule has 32 heavy (non-hydrogen) atoms. The lowest BCUT2D eigenvalue weighted by molar-refractivity contribution is -0.119. The molecule has 1 atom stereocenters. The van der Waals surface area contributed by atoms with Gasteiger partial charge in [0.05, 0.1) is 17.5 Å². The number of nitrogens with zero attached hydrogens (tertiary/aromatic N) is 5. The predicted molar refractivity (Wildman–Crippen MR) is 125 cm³/mol. The second-order valence-electron chi connectivity index (χ2n) is 7.24. The SMILES string of the molecule is Cc1cc(C)n(-c2nnc(SCC(=O)NC(c3ccccc3)c3ccc(Cl)cc3)n2N)n1. The Bertz CT molecular complexity index is 1220. The molecule has 2 aromatic heterocycles. The number of nitrogens with two attached hydrogens (primary N) is 1. The van der Waals surface area contributed by atoms with Gasteiger partial charge >= 0.3 is 0 Å². The molecule has 164 valence electrons. The number of halogens is 1. The average molecular weight is 468 g/mol. The van der Waals surface area contributed by atoms with Crippen LogP contribution in [0.25, 0.3) is 5.95 Å². The highest BCUT2D eigenvalue weighted by atomic mass is 35.5. The zero-order chi connectivity index (χ0) is 22.7. The molecule has 0 aliphatic carbocycles. The zero-order valence-electron chi connectivity index (χ0n) is 17.6. The fourth-order valence-electron chi connectivity index (χ4n) is 3.34. The zero-order valence-corrected chi connectivity index (χ0v) is 19.1. The number of rotatable bonds is 7. The van der Waals surface area contributed by atoms with Gasteiger partial charge in [-0.15, -0.1) is 10.2 Å². The van der Waals surface area contributed by atoms with Gasteiger partial charge in [-0.25, -0.2) is 9.36 Å². The summed E-state index contributed by atoms with van der Waals surface area (Å²) in [7, 11) is 0. The summed E-state index contributed by atoms with van der Waals surface area (Å²) in [5.41, 5.74) is 3.66. The number of aryl methyl sites for hydroxylation is 2. The van der Waals surface area contributed by atoms with Gasteiger partial charge in [-0.1, -0.05) is 65.8 Å². The molecule has 0 fully saturated rings. The van der Waals surface area contributed by atoms with Crippen LogP contribution in [0.3, 0.4) is 0 Å². The smallest absolute Gasteiger partial charge is 0.271 e. The summed E-state index contributed by atoms with van der Waals surface area (Å²) in [6.07, 6.45) is 0. The van der Waals surface area contributed by atoms with Crippen molar-refractivity contribution in [2.24, 2.45) is 0 Å². The molecule has 0 spiro atoms. The number of nitrogen functional groups attached to an aromatic ring is 1. The van der Waals surface area contributed by atoms with E-state index < -0.39 is 0 Å². The summed E-state index contributed by atoms with van der Waals surface area (Å²) in [5.74, 6) is 6.52. The molecular weight excluding hydrogens is 446 g/mol. The van der Waals surface area contributed by atoms with Crippen molar-refractivity contribution in [1.29, 1.82) is 0 Å². The quantitative estimate of drug-likeness (QED) is 0.318. The minimum Gasteiger partial charge on any atom is -0.344 e. The molecule has 8 nitrogen and oxygen atoms in total. The van der Waals surface area contributed by atoms with E-state index in [-0.39, 0.29) is 17.7 Å². The molecule has 10 heteroatoms. The van der Waals surface area contributed by atoms with Crippen LogP contribution in [0.2, 0.25) is 5.02 Å². The van der Waals surface area contributed by atoms with Crippen molar-refractivity contribution >= 4 is 29.3 Å². The lowest BCUT2D eigenvalue weighted by Gasteiger charge is -2.20. The fourth-order valence-corrected chi connectivity index (χ4v) is 4.12. The number of carbonyl (C=O) groups excluding carboxylic acids is 1. The number of hydrogen-bond donors (Lipinski definition) is 2. The number of hydrogen-bond acceptors (Lipinski definition) is 6. The molecule has 0 aliphatic heterocycles. The summed E-state index contributed by atoms with van der Waals surface area (Å²) in [6, 6.07) is 18.8. The maximum Gasteiger partial charge on any atom is 0.271 e. The Morgan fingerprint density at radius 3 is 2.44 bits per heavy atom. The highest BCUT2D eigenvalue weighted by Crippen LogP contribution is 2.24. The van der Waals surface area contributed by atoms with Gasteiger partial charge in [-0.3, -0.25) is 4.79 Å². The van der Waals surface area contributed by atoms with Crippen molar-refractivity contribution < 1.29 is 4.79 Å². The largest absolute Gasteiger partial charge is 0.344 e. The maximum atomic E-state index is 12.8. The average Bonchev–Trinajstić information content (AvgIpc) is 3.32. The van der Waals surface area contributed by atoms with E-state index in [2.05, 4.69) is 20.6 Å². The van der Waals surface area contributed by atoms with Crippen LogP contribution >= 0.6 is 23.4 Å². The highest BCUT2D eigenvalue weighted by molar-refractivity contribution is 7.99. The Balaban J connectivity index is 1.47. The molecule has 0 aliphatic rings. The normalized spacial score (nSPS) is 12.0. The van der Waals surface area contributed by atoms with Gasteiger partial charge in [-0.2, -0.15) is 5.10 Å². The Hall–Kier alpha value is -3.30. The Labute approximate surface area is 194 Å². The Morgan fingerprint density at radius 1 is 1.09 bits per heavy atom. The van der Waals surface area contributed by atoms with Crippen molar-refractivity contribution in [3.05, 3.63) is 88.2 Å². The summed E-state index contributed by atoms with van der Waals surface area (Å²) >= 11 is 7.24. The second kappa shape index (κ2) is 9.46. The number of amides is 1. The van der Waals surface area contributed by atoms with E-state index in [4.69, 9.17) is 17.4 Å². The highest BCUT2D eigenvalue weighted by Gasteiger charge is 2.19. The first-order valence-electron chi connectivity index (χ1n) is 9.89. The van der Waals surface area contributed by atoms with E-state index in [1.54, 1.807) is 4.68 Å². The first-order valence-corrected chi connectivity index (χ1v) is 11.3. The lowest BCUT2D eigenvalue weighted by atomic mass is 9.99. The number of carbonyl (C=O) groups is 1. The van der Waals surface area contributed by atoms with Crippen LogP contribution < -0.4 is 11.2 Å².